The van der Waals surface area contributed by atoms with Gasteiger partial charge in [-0.15, -0.1) is 0 Å². The standard InChI is InChI=1S/C36H66N4O11/c37-32(28-42)14-11-12-18-38-34(44)29-50-25-24-49-22-20-40-35(45)30-51-26-23-48-21-19-39-33(43)17-16-31(27-41)13-9-7-5-3-1-2-4-6-8-10-15-36(46)47/h27-28,31-32H,1-26,29-30,37H2,(H,38,44)(H,39,43)(H,40,45)(H,46,47). The highest BCUT2D eigenvalue weighted by Gasteiger charge is 2.10. The molecule has 0 saturated carbocycles. The first-order valence-corrected chi connectivity index (χ1v) is 18.8. The Morgan fingerprint density at radius 1 is 0.510 bits per heavy atom. The second kappa shape index (κ2) is 36.8. The molecule has 0 heterocycles. The molecule has 0 aromatic carbocycles. The van der Waals surface area contributed by atoms with Crippen LogP contribution < -0.4 is 21.7 Å². The van der Waals surface area contributed by atoms with E-state index in [1.807, 2.05) is 0 Å². The molecule has 2 atom stereocenters. The number of ether oxygens (including phenoxy) is 4. The Morgan fingerprint density at radius 2 is 0.980 bits per heavy atom. The molecule has 0 spiro atoms. The van der Waals surface area contributed by atoms with Gasteiger partial charge in [-0.3, -0.25) is 19.2 Å². The van der Waals surface area contributed by atoms with E-state index in [2.05, 4.69) is 16.0 Å². The predicted octanol–water partition coefficient (Wildman–Crippen LogP) is 2.46. The maximum absolute atomic E-state index is 12.1. The molecule has 0 radical (unpaired) electrons. The van der Waals surface area contributed by atoms with Crippen LogP contribution in [0.2, 0.25) is 0 Å². The van der Waals surface area contributed by atoms with Crippen molar-refractivity contribution in [2.75, 3.05) is 72.5 Å². The van der Waals surface area contributed by atoms with Crippen LogP contribution in [-0.4, -0.2) is 120 Å². The van der Waals surface area contributed by atoms with E-state index in [1.165, 1.54) is 19.3 Å². The monoisotopic (exact) mass is 730 g/mol. The third kappa shape index (κ3) is 36.6. The highest BCUT2D eigenvalue weighted by atomic mass is 16.5. The van der Waals surface area contributed by atoms with Gasteiger partial charge in [-0.1, -0.05) is 57.8 Å². The maximum atomic E-state index is 12.1. The fraction of sp³-hybridized carbons (Fsp3) is 0.833. The number of aldehydes is 2. The molecule has 2 unspecified atom stereocenters. The number of carboxylic acids is 1. The number of unbranched alkanes of at least 4 members (excludes halogenated alkanes) is 10. The Morgan fingerprint density at radius 3 is 1.51 bits per heavy atom. The van der Waals surface area contributed by atoms with E-state index in [9.17, 15) is 28.8 Å². The number of carboxylic acid groups (broad SMARTS) is 1. The smallest absolute Gasteiger partial charge is 0.303 e. The third-order valence-corrected chi connectivity index (χ3v) is 7.96. The zero-order valence-electron chi connectivity index (χ0n) is 30.7. The zero-order chi connectivity index (χ0) is 37.6. The van der Waals surface area contributed by atoms with E-state index in [0.29, 0.717) is 51.8 Å². The lowest BCUT2D eigenvalue weighted by molar-refractivity contribution is -0.137. The summed E-state index contributed by atoms with van der Waals surface area (Å²) in [5.74, 6) is -1.44. The lowest BCUT2D eigenvalue weighted by Crippen LogP contribution is -2.32. The van der Waals surface area contributed by atoms with Crippen LogP contribution in [0.4, 0.5) is 0 Å². The second-order valence-corrected chi connectivity index (χ2v) is 12.6. The van der Waals surface area contributed by atoms with Crippen LogP contribution in [0.25, 0.3) is 0 Å². The van der Waals surface area contributed by atoms with Gasteiger partial charge in [0.25, 0.3) is 0 Å². The SMILES string of the molecule is NC(C=O)CCCCNC(=O)COCCOCCNC(=O)COCCOCCNC(=O)CCC(C=O)CCCCCCCCCCCCC(=O)O. The number of hydrogen-bond donors (Lipinski definition) is 5. The van der Waals surface area contributed by atoms with E-state index in [1.54, 1.807) is 0 Å². The van der Waals surface area contributed by atoms with Crippen LogP contribution in [0.3, 0.4) is 0 Å². The largest absolute Gasteiger partial charge is 0.481 e. The van der Waals surface area contributed by atoms with Crippen molar-refractivity contribution in [2.45, 2.75) is 115 Å². The number of rotatable bonds is 39. The number of aliphatic carboxylic acids is 1. The number of nitrogens with one attached hydrogen (secondary N) is 3. The molecule has 51 heavy (non-hydrogen) atoms. The summed E-state index contributed by atoms with van der Waals surface area (Å²) in [6.45, 7) is 2.61. The Bertz CT molecular complexity index is 910. The molecule has 0 fully saturated rings. The molecular formula is C36H66N4O11. The van der Waals surface area contributed by atoms with E-state index in [-0.39, 0.29) is 76.3 Å². The van der Waals surface area contributed by atoms with Gasteiger partial charge in [0.05, 0.1) is 45.7 Å². The minimum atomic E-state index is -0.718. The zero-order valence-corrected chi connectivity index (χ0v) is 30.7. The average molecular weight is 731 g/mol. The molecule has 15 nitrogen and oxygen atoms in total. The number of amides is 3. The van der Waals surface area contributed by atoms with Gasteiger partial charge in [0.15, 0.2) is 0 Å². The van der Waals surface area contributed by atoms with Crippen molar-refractivity contribution in [1.82, 2.24) is 16.0 Å². The fourth-order valence-corrected chi connectivity index (χ4v) is 4.98. The quantitative estimate of drug-likeness (QED) is 0.0455. The number of carbonyl (C=O) groups is 6. The molecule has 6 N–H and O–H groups in total. The van der Waals surface area contributed by atoms with Crippen molar-refractivity contribution in [3.8, 4) is 0 Å². The van der Waals surface area contributed by atoms with Crippen molar-refractivity contribution in [1.29, 1.82) is 0 Å². The molecule has 3 amide bonds. The van der Waals surface area contributed by atoms with Crippen LogP contribution in [0.5, 0.6) is 0 Å². The predicted molar refractivity (Wildman–Crippen MR) is 192 cm³/mol. The molecule has 296 valence electrons. The summed E-state index contributed by atoms with van der Waals surface area (Å²) in [7, 11) is 0. The summed E-state index contributed by atoms with van der Waals surface area (Å²) in [6, 6.07) is -0.450. The first kappa shape index (κ1) is 48.0. The summed E-state index contributed by atoms with van der Waals surface area (Å²) in [5, 5.41) is 16.8. The van der Waals surface area contributed by atoms with Crippen LogP contribution in [-0.2, 0) is 47.7 Å². The van der Waals surface area contributed by atoms with Crippen molar-refractivity contribution in [2.24, 2.45) is 11.7 Å². The summed E-state index contributed by atoms with van der Waals surface area (Å²) in [4.78, 5) is 68.0. The molecule has 15 heteroatoms. The normalized spacial score (nSPS) is 12.2. The molecule has 0 aliphatic carbocycles. The van der Waals surface area contributed by atoms with Gasteiger partial charge < -0.3 is 55.3 Å². The molecule has 0 rings (SSSR count). The van der Waals surface area contributed by atoms with Crippen molar-refractivity contribution < 1.29 is 52.8 Å². The Hall–Kier alpha value is -2.98. The van der Waals surface area contributed by atoms with Crippen LogP contribution in [0.15, 0.2) is 0 Å². The highest BCUT2D eigenvalue weighted by Crippen LogP contribution is 2.16. The van der Waals surface area contributed by atoms with Gasteiger partial charge in [-0.25, -0.2) is 0 Å². The minimum Gasteiger partial charge on any atom is -0.481 e. The lowest BCUT2D eigenvalue weighted by Gasteiger charge is -2.11. The van der Waals surface area contributed by atoms with Gasteiger partial charge in [0, 0.05) is 38.4 Å². The van der Waals surface area contributed by atoms with E-state index >= 15 is 0 Å². The molecule has 0 aromatic rings. The van der Waals surface area contributed by atoms with Gasteiger partial charge in [-0.2, -0.15) is 0 Å². The summed E-state index contributed by atoms with van der Waals surface area (Å²) in [5.41, 5.74) is 5.51. The maximum Gasteiger partial charge on any atom is 0.303 e. The molecule has 0 saturated heterocycles. The first-order chi connectivity index (χ1) is 24.8. The first-order valence-electron chi connectivity index (χ1n) is 18.8. The Labute approximate surface area is 304 Å². The van der Waals surface area contributed by atoms with E-state index < -0.39 is 12.0 Å². The Kier molecular flexibility index (Phi) is 34.6. The number of carbonyl (C=O) groups excluding carboxylic acids is 5. The van der Waals surface area contributed by atoms with Gasteiger partial charge >= 0.3 is 5.97 Å². The lowest BCUT2D eigenvalue weighted by atomic mass is 9.96. The summed E-state index contributed by atoms with van der Waals surface area (Å²) < 4.78 is 21.3. The van der Waals surface area contributed by atoms with Gasteiger partial charge in [0.2, 0.25) is 17.7 Å². The van der Waals surface area contributed by atoms with Crippen molar-refractivity contribution >= 4 is 36.3 Å². The number of nitrogens with two attached hydrogens (primary N) is 1. The van der Waals surface area contributed by atoms with E-state index in [4.69, 9.17) is 29.8 Å². The highest BCUT2D eigenvalue weighted by molar-refractivity contribution is 5.77. The van der Waals surface area contributed by atoms with Crippen LogP contribution >= 0.6 is 0 Å². The van der Waals surface area contributed by atoms with Crippen molar-refractivity contribution in [3.05, 3.63) is 0 Å². The van der Waals surface area contributed by atoms with Gasteiger partial charge in [-0.05, 0) is 38.5 Å². The van der Waals surface area contributed by atoms with Crippen LogP contribution in [0, 0.1) is 5.92 Å². The average Bonchev–Trinajstić information content (AvgIpc) is 3.11. The topological polar surface area (TPSA) is 222 Å². The van der Waals surface area contributed by atoms with E-state index in [0.717, 1.165) is 70.5 Å². The molecule has 0 aliphatic heterocycles. The fourth-order valence-electron chi connectivity index (χ4n) is 4.98. The third-order valence-electron chi connectivity index (χ3n) is 7.96. The number of hydrogen-bond acceptors (Lipinski definition) is 11. The molecule has 0 bridgehead atoms. The van der Waals surface area contributed by atoms with Crippen LogP contribution in [0.1, 0.15) is 109 Å². The molecular weight excluding hydrogens is 664 g/mol. The molecule has 0 aromatic heterocycles. The second-order valence-electron chi connectivity index (χ2n) is 12.6. The minimum absolute atomic E-state index is 0.0713. The molecule has 0 aliphatic rings. The summed E-state index contributed by atoms with van der Waals surface area (Å²) >= 11 is 0. The van der Waals surface area contributed by atoms with Gasteiger partial charge in [0.1, 0.15) is 25.8 Å². The van der Waals surface area contributed by atoms with Crippen molar-refractivity contribution in [3.63, 3.8) is 0 Å². The Balaban J connectivity index is 3.49. The summed E-state index contributed by atoms with van der Waals surface area (Å²) in [6.07, 6.45) is 16.5.